The Labute approximate surface area is 144 Å². The summed E-state index contributed by atoms with van der Waals surface area (Å²) in [6.07, 6.45) is 3.39. The summed E-state index contributed by atoms with van der Waals surface area (Å²) in [5.41, 5.74) is 0.195. The molecule has 2 aromatic rings. The number of carbonyl (C=O) groups is 1. The SMILES string of the molecule is CCCCN(C)C(=O)c1ccc(Sc2nncn2C)c([N+](=O)[O-])c1. The average molecular weight is 349 g/mol. The zero-order chi connectivity index (χ0) is 17.7. The van der Waals surface area contributed by atoms with Crippen molar-refractivity contribution < 1.29 is 9.72 Å². The minimum atomic E-state index is -0.485. The van der Waals surface area contributed by atoms with Gasteiger partial charge in [-0.2, -0.15) is 0 Å². The van der Waals surface area contributed by atoms with Crippen LogP contribution in [0.1, 0.15) is 30.1 Å². The summed E-state index contributed by atoms with van der Waals surface area (Å²) in [6, 6.07) is 4.51. The molecular weight excluding hydrogens is 330 g/mol. The van der Waals surface area contributed by atoms with Crippen molar-refractivity contribution in [3.8, 4) is 0 Å². The van der Waals surface area contributed by atoms with E-state index in [1.807, 2.05) is 6.92 Å². The van der Waals surface area contributed by atoms with E-state index in [9.17, 15) is 14.9 Å². The third kappa shape index (κ3) is 4.10. The summed E-state index contributed by atoms with van der Waals surface area (Å²) in [4.78, 5) is 25.3. The second-order valence-corrected chi connectivity index (χ2v) is 6.36. The molecular formula is C15H19N5O3S. The van der Waals surface area contributed by atoms with Gasteiger partial charge < -0.3 is 9.47 Å². The lowest BCUT2D eigenvalue weighted by atomic mass is 10.1. The Morgan fingerprint density at radius 3 is 2.79 bits per heavy atom. The number of nitro groups is 1. The van der Waals surface area contributed by atoms with Crippen LogP contribution in [0.25, 0.3) is 0 Å². The molecule has 0 unspecified atom stereocenters. The second kappa shape index (κ2) is 7.91. The van der Waals surface area contributed by atoms with E-state index >= 15 is 0 Å². The number of hydrogen-bond donors (Lipinski definition) is 0. The van der Waals surface area contributed by atoms with Crippen LogP contribution in [-0.4, -0.2) is 44.1 Å². The van der Waals surface area contributed by atoms with Crippen molar-refractivity contribution >= 4 is 23.4 Å². The summed E-state index contributed by atoms with van der Waals surface area (Å²) in [5.74, 6) is -0.221. The van der Waals surface area contributed by atoms with Crippen molar-refractivity contribution in [2.75, 3.05) is 13.6 Å². The predicted molar refractivity (Wildman–Crippen MR) is 90.1 cm³/mol. The fourth-order valence-corrected chi connectivity index (χ4v) is 2.91. The molecule has 1 amide bonds. The van der Waals surface area contributed by atoms with Gasteiger partial charge in [-0.05, 0) is 30.3 Å². The van der Waals surface area contributed by atoms with Gasteiger partial charge >= 0.3 is 0 Å². The Morgan fingerprint density at radius 2 is 2.21 bits per heavy atom. The third-order valence-corrected chi connectivity index (χ3v) is 4.58. The Morgan fingerprint density at radius 1 is 1.46 bits per heavy atom. The fraction of sp³-hybridized carbons (Fsp3) is 0.400. The summed E-state index contributed by atoms with van der Waals surface area (Å²) in [5, 5.41) is 19.6. The van der Waals surface area contributed by atoms with Gasteiger partial charge in [0.25, 0.3) is 11.6 Å². The van der Waals surface area contributed by atoms with Crippen LogP contribution in [0.4, 0.5) is 5.69 Å². The Balaban J connectivity index is 2.28. The van der Waals surface area contributed by atoms with E-state index < -0.39 is 4.92 Å². The molecule has 0 saturated carbocycles. The van der Waals surface area contributed by atoms with Crippen molar-refractivity contribution in [1.82, 2.24) is 19.7 Å². The molecule has 0 spiro atoms. The Bertz CT molecular complexity index is 746. The van der Waals surface area contributed by atoms with Crippen LogP contribution in [0.15, 0.2) is 34.6 Å². The maximum Gasteiger partial charge on any atom is 0.284 e. The van der Waals surface area contributed by atoms with Crippen molar-refractivity contribution in [1.29, 1.82) is 0 Å². The predicted octanol–water partition coefficient (Wildman–Crippen LogP) is 2.75. The largest absolute Gasteiger partial charge is 0.342 e. The molecule has 128 valence electrons. The number of rotatable bonds is 7. The highest BCUT2D eigenvalue weighted by Crippen LogP contribution is 2.34. The highest BCUT2D eigenvalue weighted by molar-refractivity contribution is 7.99. The van der Waals surface area contributed by atoms with Gasteiger partial charge in [0, 0.05) is 32.3 Å². The molecule has 0 radical (unpaired) electrons. The number of nitro benzene ring substituents is 1. The van der Waals surface area contributed by atoms with Gasteiger partial charge in [-0.1, -0.05) is 13.3 Å². The first-order valence-electron chi connectivity index (χ1n) is 7.49. The minimum Gasteiger partial charge on any atom is -0.342 e. The number of hydrogen-bond acceptors (Lipinski definition) is 6. The molecule has 0 N–H and O–H groups in total. The van der Waals surface area contributed by atoms with Crippen molar-refractivity contribution in [2.45, 2.75) is 29.8 Å². The molecule has 9 heteroatoms. The van der Waals surface area contributed by atoms with E-state index in [0.29, 0.717) is 22.2 Å². The smallest absolute Gasteiger partial charge is 0.284 e. The normalized spacial score (nSPS) is 10.6. The molecule has 1 aromatic carbocycles. The Hall–Kier alpha value is -2.42. The molecule has 0 aliphatic rings. The monoisotopic (exact) mass is 349 g/mol. The molecule has 1 aromatic heterocycles. The molecule has 0 aliphatic carbocycles. The van der Waals surface area contributed by atoms with Crippen LogP contribution in [-0.2, 0) is 7.05 Å². The third-order valence-electron chi connectivity index (χ3n) is 3.47. The lowest BCUT2D eigenvalue weighted by molar-refractivity contribution is -0.387. The van der Waals surface area contributed by atoms with Crippen LogP contribution >= 0.6 is 11.8 Å². The van der Waals surface area contributed by atoms with Gasteiger partial charge in [-0.3, -0.25) is 14.9 Å². The van der Waals surface area contributed by atoms with Gasteiger partial charge in [0.1, 0.15) is 6.33 Å². The molecule has 0 fully saturated rings. The van der Waals surface area contributed by atoms with Crippen LogP contribution in [0.5, 0.6) is 0 Å². The van der Waals surface area contributed by atoms with E-state index in [1.165, 1.54) is 12.4 Å². The van der Waals surface area contributed by atoms with Gasteiger partial charge in [0.05, 0.1) is 9.82 Å². The number of unbranched alkanes of at least 4 members (excludes halogenated alkanes) is 1. The molecule has 1 heterocycles. The molecule has 0 saturated heterocycles. The summed E-state index contributed by atoms with van der Waals surface area (Å²) in [7, 11) is 3.46. The van der Waals surface area contributed by atoms with Crippen molar-refractivity contribution in [2.24, 2.45) is 7.05 Å². The van der Waals surface area contributed by atoms with E-state index in [-0.39, 0.29) is 11.6 Å². The fourth-order valence-electron chi connectivity index (χ4n) is 2.06. The van der Waals surface area contributed by atoms with Crippen LogP contribution in [0, 0.1) is 10.1 Å². The molecule has 0 aliphatic heterocycles. The van der Waals surface area contributed by atoms with Crippen LogP contribution in [0.3, 0.4) is 0 Å². The molecule has 0 bridgehead atoms. The zero-order valence-electron chi connectivity index (χ0n) is 13.8. The van der Waals surface area contributed by atoms with Gasteiger partial charge in [0.2, 0.25) is 0 Å². The number of aryl methyl sites for hydroxylation is 1. The highest BCUT2D eigenvalue weighted by atomic mass is 32.2. The first kappa shape index (κ1) is 17.9. The quantitative estimate of drug-likeness (QED) is 0.563. The van der Waals surface area contributed by atoms with Crippen molar-refractivity contribution in [3.05, 3.63) is 40.2 Å². The lowest BCUT2D eigenvalue weighted by Gasteiger charge is -2.16. The maximum absolute atomic E-state index is 12.4. The van der Waals surface area contributed by atoms with Gasteiger partial charge in [-0.25, -0.2) is 0 Å². The lowest BCUT2D eigenvalue weighted by Crippen LogP contribution is -2.27. The zero-order valence-corrected chi connectivity index (χ0v) is 14.6. The molecule has 24 heavy (non-hydrogen) atoms. The van der Waals surface area contributed by atoms with E-state index in [2.05, 4.69) is 10.2 Å². The van der Waals surface area contributed by atoms with Crippen molar-refractivity contribution in [3.63, 3.8) is 0 Å². The molecule has 0 atom stereocenters. The van der Waals surface area contributed by atoms with E-state index in [0.717, 1.165) is 24.6 Å². The van der Waals surface area contributed by atoms with E-state index in [1.54, 1.807) is 35.7 Å². The second-order valence-electron chi connectivity index (χ2n) is 5.35. The summed E-state index contributed by atoms with van der Waals surface area (Å²) < 4.78 is 1.67. The molecule has 8 nitrogen and oxygen atoms in total. The first-order chi connectivity index (χ1) is 11.4. The standard InChI is InChI=1S/C15H19N5O3S/c1-4-5-8-18(2)14(21)11-6-7-13(12(9-11)20(22)23)24-15-17-16-10-19(15)3/h6-7,9-10H,4-5,8H2,1-3H3. The maximum atomic E-state index is 12.4. The van der Waals surface area contributed by atoms with E-state index in [4.69, 9.17) is 0 Å². The number of carbonyl (C=O) groups excluding carboxylic acids is 1. The van der Waals surface area contributed by atoms with Crippen LogP contribution in [0.2, 0.25) is 0 Å². The summed E-state index contributed by atoms with van der Waals surface area (Å²) in [6.45, 7) is 2.67. The highest BCUT2D eigenvalue weighted by Gasteiger charge is 2.21. The topological polar surface area (TPSA) is 94.2 Å². The van der Waals surface area contributed by atoms with Gasteiger partial charge in [-0.15, -0.1) is 10.2 Å². The Kier molecular flexibility index (Phi) is 5.91. The number of benzene rings is 1. The minimum absolute atomic E-state index is 0.113. The van der Waals surface area contributed by atoms with Crippen LogP contribution < -0.4 is 0 Å². The number of nitrogens with zero attached hydrogens (tertiary/aromatic N) is 5. The number of amides is 1. The number of aromatic nitrogens is 3. The van der Waals surface area contributed by atoms with Gasteiger partial charge in [0.15, 0.2) is 5.16 Å². The molecule has 2 rings (SSSR count). The first-order valence-corrected chi connectivity index (χ1v) is 8.31. The summed E-state index contributed by atoms with van der Waals surface area (Å²) >= 11 is 1.14. The average Bonchev–Trinajstić information content (AvgIpc) is 2.97.